The molecule has 1 aromatic carbocycles. The lowest BCUT2D eigenvalue weighted by Crippen LogP contribution is -2.57. The smallest absolute Gasteiger partial charge is 0.129 e. The fourth-order valence-corrected chi connectivity index (χ4v) is 3.91. The second kappa shape index (κ2) is 5.29. The molecule has 2 unspecified atom stereocenters. The van der Waals surface area contributed by atoms with Crippen LogP contribution in [0.1, 0.15) is 63.7 Å². The number of aliphatic hydroxyl groups excluding tert-OH is 1. The van der Waals surface area contributed by atoms with Crippen molar-refractivity contribution in [1.29, 1.82) is 0 Å². The van der Waals surface area contributed by atoms with Crippen LogP contribution in [0.15, 0.2) is 18.2 Å². The Morgan fingerprint density at radius 3 is 2.52 bits per heavy atom. The van der Waals surface area contributed by atoms with Crippen molar-refractivity contribution in [1.82, 2.24) is 4.90 Å². The van der Waals surface area contributed by atoms with Crippen molar-refractivity contribution in [3.63, 3.8) is 0 Å². The molecule has 2 atom stereocenters. The third kappa shape index (κ3) is 2.47. The van der Waals surface area contributed by atoms with Crippen LogP contribution in [0.5, 0.6) is 5.75 Å². The topological polar surface area (TPSA) is 32.7 Å². The van der Waals surface area contributed by atoms with Gasteiger partial charge in [-0.2, -0.15) is 0 Å². The molecule has 116 valence electrons. The van der Waals surface area contributed by atoms with Gasteiger partial charge in [-0.15, -0.1) is 0 Å². The Balaban J connectivity index is 2.04. The zero-order valence-electron chi connectivity index (χ0n) is 13.6. The monoisotopic (exact) mass is 289 g/mol. The number of likely N-dealkylation sites (tertiary alicyclic amines) is 1. The third-order valence-corrected chi connectivity index (χ3v) is 4.93. The van der Waals surface area contributed by atoms with Crippen molar-refractivity contribution in [3.8, 4) is 5.75 Å². The third-order valence-electron chi connectivity index (χ3n) is 4.93. The average molecular weight is 289 g/mol. The van der Waals surface area contributed by atoms with Crippen molar-refractivity contribution in [2.75, 3.05) is 13.1 Å². The number of para-hydroxylation sites is 1. The van der Waals surface area contributed by atoms with Crippen LogP contribution >= 0.6 is 0 Å². The summed E-state index contributed by atoms with van der Waals surface area (Å²) in [6.45, 7) is 10.7. The van der Waals surface area contributed by atoms with Gasteiger partial charge in [-0.25, -0.2) is 0 Å². The summed E-state index contributed by atoms with van der Waals surface area (Å²) in [5, 5.41) is 11.0. The van der Waals surface area contributed by atoms with Gasteiger partial charge in [-0.1, -0.05) is 32.0 Å². The molecule has 0 aromatic heterocycles. The minimum absolute atomic E-state index is 0.0370. The van der Waals surface area contributed by atoms with Crippen LogP contribution in [0.3, 0.4) is 0 Å². The molecule has 2 aliphatic heterocycles. The van der Waals surface area contributed by atoms with Gasteiger partial charge in [0.25, 0.3) is 0 Å². The highest BCUT2D eigenvalue weighted by Gasteiger charge is 2.47. The molecule has 1 saturated heterocycles. The Morgan fingerprint density at radius 2 is 1.90 bits per heavy atom. The van der Waals surface area contributed by atoms with E-state index in [4.69, 9.17) is 4.74 Å². The molecule has 0 saturated carbocycles. The quantitative estimate of drug-likeness (QED) is 0.905. The van der Waals surface area contributed by atoms with Crippen LogP contribution in [0.2, 0.25) is 0 Å². The molecule has 2 aliphatic rings. The highest BCUT2D eigenvalue weighted by Crippen LogP contribution is 2.45. The molecule has 0 spiro atoms. The largest absolute Gasteiger partial charge is 0.485 e. The van der Waals surface area contributed by atoms with E-state index in [0.29, 0.717) is 5.92 Å². The fourth-order valence-electron chi connectivity index (χ4n) is 3.91. The molecule has 0 bridgehead atoms. The lowest BCUT2D eigenvalue weighted by atomic mass is 9.83. The summed E-state index contributed by atoms with van der Waals surface area (Å²) in [4.78, 5) is 2.40. The number of nitrogens with zero attached hydrogens (tertiary/aromatic N) is 1. The van der Waals surface area contributed by atoms with E-state index in [1.54, 1.807) is 0 Å². The van der Waals surface area contributed by atoms with Crippen molar-refractivity contribution in [2.45, 2.75) is 64.2 Å². The van der Waals surface area contributed by atoms with Gasteiger partial charge in [-0.3, -0.25) is 4.90 Å². The minimum atomic E-state index is -0.472. The van der Waals surface area contributed by atoms with Crippen LogP contribution in [-0.4, -0.2) is 34.7 Å². The Bertz CT molecular complexity index is 518. The highest BCUT2D eigenvalue weighted by atomic mass is 16.5. The van der Waals surface area contributed by atoms with E-state index >= 15 is 0 Å². The number of benzene rings is 1. The Morgan fingerprint density at radius 1 is 1.24 bits per heavy atom. The lowest BCUT2D eigenvalue weighted by Gasteiger charge is -2.47. The Kier molecular flexibility index (Phi) is 3.74. The van der Waals surface area contributed by atoms with Crippen LogP contribution < -0.4 is 4.74 Å². The molecule has 3 nitrogen and oxygen atoms in total. The summed E-state index contributed by atoms with van der Waals surface area (Å²) in [5.41, 5.74) is 1.78. The molecule has 1 fully saturated rings. The van der Waals surface area contributed by atoms with Crippen molar-refractivity contribution in [2.24, 2.45) is 0 Å². The average Bonchev–Trinajstić information content (AvgIpc) is 2.90. The molecule has 0 radical (unpaired) electrons. The maximum absolute atomic E-state index is 11.0. The van der Waals surface area contributed by atoms with Gasteiger partial charge in [-0.05, 0) is 51.3 Å². The SMILES string of the molecule is CC(C)c1cccc2c1OC(C)(C)C(N1CCCC1)C2O. The molecule has 21 heavy (non-hydrogen) atoms. The van der Waals surface area contributed by atoms with E-state index in [9.17, 15) is 5.11 Å². The summed E-state index contributed by atoms with van der Waals surface area (Å²) in [7, 11) is 0. The van der Waals surface area contributed by atoms with Crippen LogP contribution in [0.4, 0.5) is 0 Å². The first-order valence-corrected chi connectivity index (χ1v) is 8.16. The number of fused-ring (bicyclic) bond motifs is 1. The lowest BCUT2D eigenvalue weighted by molar-refractivity contribution is -0.0763. The summed E-state index contributed by atoms with van der Waals surface area (Å²) >= 11 is 0. The van der Waals surface area contributed by atoms with Crippen molar-refractivity contribution >= 4 is 0 Å². The van der Waals surface area contributed by atoms with E-state index in [-0.39, 0.29) is 11.6 Å². The molecule has 3 heteroatoms. The zero-order valence-corrected chi connectivity index (χ0v) is 13.6. The number of hydrogen-bond acceptors (Lipinski definition) is 3. The molecular weight excluding hydrogens is 262 g/mol. The van der Waals surface area contributed by atoms with E-state index in [2.05, 4.69) is 38.7 Å². The van der Waals surface area contributed by atoms with Gasteiger partial charge in [0, 0.05) is 5.56 Å². The first-order valence-electron chi connectivity index (χ1n) is 8.16. The van der Waals surface area contributed by atoms with Crippen molar-refractivity contribution in [3.05, 3.63) is 29.3 Å². The number of rotatable bonds is 2. The highest BCUT2D eigenvalue weighted by molar-refractivity contribution is 5.47. The Labute approximate surface area is 127 Å². The van der Waals surface area contributed by atoms with Gasteiger partial charge in [0.15, 0.2) is 0 Å². The molecular formula is C18H27NO2. The number of hydrogen-bond donors (Lipinski definition) is 1. The number of ether oxygens (including phenoxy) is 1. The van der Waals surface area contributed by atoms with Crippen LogP contribution in [-0.2, 0) is 0 Å². The van der Waals surface area contributed by atoms with E-state index in [1.165, 1.54) is 18.4 Å². The van der Waals surface area contributed by atoms with Crippen LogP contribution in [0, 0.1) is 0 Å². The normalized spacial score (nSPS) is 28.5. The summed E-state index contributed by atoms with van der Waals surface area (Å²) < 4.78 is 6.41. The molecule has 1 N–H and O–H groups in total. The number of aliphatic hydroxyl groups is 1. The second-order valence-electron chi connectivity index (χ2n) is 7.26. The first-order chi connectivity index (χ1) is 9.92. The molecule has 0 amide bonds. The molecule has 3 rings (SSSR count). The zero-order chi connectivity index (χ0) is 15.2. The predicted molar refractivity (Wildman–Crippen MR) is 84.8 cm³/mol. The van der Waals surface area contributed by atoms with Gasteiger partial charge in [0.1, 0.15) is 17.5 Å². The van der Waals surface area contributed by atoms with Gasteiger partial charge >= 0.3 is 0 Å². The van der Waals surface area contributed by atoms with E-state index < -0.39 is 6.10 Å². The standard InChI is InChI=1S/C18H27NO2/c1-12(2)13-8-7-9-14-15(20)17(19-10-5-6-11-19)18(3,4)21-16(13)14/h7-9,12,15,17,20H,5-6,10-11H2,1-4H3. The summed E-state index contributed by atoms with van der Waals surface area (Å²) in [6.07, 6.45) is 1.97. The van der Waals surface area contributed by atoms with E-state index in [1.807, 2.05) is 12.1 Å². The maximum Gasteiger partial charge on any atom is 0.129 e. The maximum atomic E-state index is 11.0. The minimum Gasteiger partial charge on any atom is -0.485 e. The first kappa shape index (κ1) is 14.9. The van der Waals surface area contributed by atoms with Crippen LogP contribution in [0.25, 0.3) is 0 Å². The second-order valence-corrected chi connectivity index (χ2v) is 7.26. The molecule has 0 aliphatic carbocycles. The van der Waals surface area contributed by atoms with Gasteiger partial charge < -0.3 is 9.84 Å². The van der Waals surface area contributed by atoms with Gasteiger partial charge in [0.2, 0.25) is 0 Å². The van der Waals surface area contributed by atoms with E-state index in [0.717, 1.165) is 24.4 Å². The van der Waals surface area contributed by atoms with Gasteiger partial charge in [0.05, 0.1) is 6.04 Å². The van der Waals surface area contributed by atoms with Crippen molar-refractivity contribution < 1.29 is 9.84 Å². The predicted octanol–water partition coefficient (Wildman–Crippen LogP) is 3.48. The molecule has 2 heterocycles. The summed E-state index contributed by atoms with van der Waals surface area (Å²) in [5.74, 6) is 1.30. The molecule has 1 aromatic rings. The summed E-state index contributed by atoms with van der Waals surface area (Å²) in [6, 6.07) is 6.21. The Hall–Kier alpha value is -1.06. The fraction of sp³-hybridized carbons (Fsp3) is 0.667.